The number of hydrogen-bond acceptors (Lipinski definition) is 4. The summed E-state index contributed by atoms with van der Waals surface area (Å²) in [6.45, 7) is 3.46. The number of aromatic nitrogens is 3. The summed E-state index contributed by atoms with van der Waals surface area (Å²) in [7, 11) is 0. The van der Waals surface area contributed by atoms with E-state index in [1.165, 1.54) is 6.92 Å². The van der Waals surface area contributed by atoms with Gasteiger partial charge < -0.3 is 5.32 Å². The van der Waals surface area contributed by atoms with Crippen LogP contribution in [0.2, 0.25) is 0 Å². The fourth-order valence-electron chi connectivity index (χ4n) is 1.65. The number of nitrogens with zero attached hydrogens (tertiary/aromatic N) is 3. The third kappa shape index (κ3) is 3.39. The maximum atomic E-state index is 10.9. The highest BCUT2D eigenvalue weighted by Crippen LogP contribution is 2.08. The van der Waals surface area contributed by atoms with Crippen LogP contribution in [-0.4, -0.2) is 27.0 Å². The number of aromatic amines is 1. The van der Waals surface area contributed by atoms with E-state index >= 15 is 0 Å². The monoisotopic (exact) mass is 289 g/mol. The molecule has 1 heterocycles. The molecule has 6 nitrogen and oxygen atoms in total. The first-order chi connectivity index (χ1) is 9.60. The Labute approximate surface area is 121 Å². The molecular formula is C13H15N5OS. The van der Waals surface area contributed by atoms with Crippen molar-refractivity contribution in [3.05, 3.63) is 40.4 Å². The van der Waals surface area contributed by atoms with Crippen molar-refractivity contribution in [1.29, 1.82) is 0 Å². The van der Waals surface area contributed by atoms with Crippen LogP contribution in [-0.2, 0) is 11.2 Å². The van der Waals surface area contributed by atoms with Crippen LogP contribution in [0.5, 0.6) is 0 Å². The van der Waals surface area contributed by atoms with Gasteiger partial charge in [0.25, 0.3) is 0 Å². The predicted molar refractivity (Wildman–Crippen MR) is 80.5 cm³/mol. The molecule has 104 valence electrons. The van der Waals surface area contributed by atoms with Gasteiger partial charge in [-0.25, -0.2) is 0 Å². The number of carbonyl (C=O) groups excluding carboxylic acids is 1. The smallest absolute Gasteiger partial charge is 0.221 e. The topological polar surface area (TPSA) is 75.1 Å². The van der Waals surface area contributed by atoms with E-state index < -0.39 is 0 Å². The van der Waals surface area contributed by atoms with Crippen molar-refractivity contribution in [2.45, 2.75) is 20.3 Å². The quantitative estimate of drug-likeness (QED) is 0.670. The largest absolute Gasteiger partial charge is 0.326 e. The molecule has 0 aliphatic carbocycles. The lowest BCUT2D eigenvalue weighted by molar-refractivity contribution is -0.114. The van der Waals surface area contributed by atoms with Crippen LogP contribution in [0.4, 0.5) is 5.69 Å². The first-order valence-electron chi connectivity index (χ1n) is 6.18. The maximum absolute atomic E-state index is 10.9. The van der Waals surface area contributed by atoms with E-state index in [1.807, 2.05) is 31.2 Å². The first-order valence-corrected chi connectivity index (χ1v) is 6.59. The van der Waals surface area contributed by atoms with E-state index in [-0.39, 0.29) is 5.91 Å². The van der Waals surface area contributed by atoms with Crippen LogP contribution in [0.3, 0.4) is 0 Å². The lowest BCUT2D eigenvalue weighted by Crippen LogP contribution is -2.05. The van der Waals surface area contributed by atoms with Crippen molar-refractivity contribution in [3.63, 3.8) is 0 Å². The summed E-state index contributed by atoms with van der Waals surface area (Å²) >= 11 is 5.11. The summed E-state index contributed by atoms with van der Waals surface area (Å²) in [5.41, 5.74) is 1.66. The number of hydrogen-bond donors (Lipinski definition) is 2. The van der Waals surface area contributed by atoms with E-state index in [2.05, 4.69) is 20.6 Å². The molecule has 0 saturated carbocycles. The molecule has 0 saturated heterocycles. The number of amides is 1. The van der Waals surface area contributed by atoms with Crippen molar-refractivity contribution in [1.82, 2.24) is 14.9 Å². The molecule has 2 N–H and O–H groups in total. The first kappa shape index (κ1) is 14.1. The van der Waals surface area contributed by atoms with Crippen molar-refractivity contribution in [2.75, 3.05) is 5.32 Å². The maximum Gasteiger partial charge on any atom is 0.221 e. The van der Waals surface area contributed by atoms with Gasteiger partial charge in [-0.1, -0.05) is 19.1 Å². The molecule has 0 fully saturated rings. The number of nitrogens with one attached hydrogen (secondary N) is 2. The van der Waals surface area contributed by atoms with Crippen LogP contribution in [0.25, 0.3) is 0 Å². The standard InChI is InChI=1S/C13H15N5OS/c1-3-12-16-17-13(20)18(12)14-8-10-4-6-11(7-5-10)15-9(2)19/h4-8H,3H2,1-2H3,(H,15,19)(H,17,20)/b14-8-. The van der Waals surface area contributed by atoms with Crippen molar-refractivity contribution >= 4 is 30.0 Å². The van der Waals surface area contributed by atoms with Gasteiger partial charge in [0, 0.05) is 19.0 Å². The molecular weight excluding hydrogens is 274 g/mol. The van der Waals surface area contributed by atoms with E-state index in [4.69, 9.17) is 12.2 Å². The fraction of sp³-hybridized carbons (Fsp3) is 0.231. The summed E-state index contributed by atoms with van der Waals surface area (Å²) in [5, 5.41) is 13.8. The molecule has 0 radical (unpaired) electrons. The molecule has 0 aliphatic heterocycles. The molecule has 1 amide bonds. The SMILES string of the molecule is CCc1n[nH]c(=S)n1/N=C\c1ccc(NC(C)=O)cc1. The molecule has 1 aromatic carbocycles. The Bertz CT molecular complexity index is 684. The molecule has 7 heteroatoms. The Kier molecular flexibility index (Phi) is 4.41. The van der Waals surface area contributed by atoms with Crippen LogP contribution in [0.1, 0.15) is 25.2 Å². The summed E-state index contributed by atoms with van der Waals surface area (Å²) in [6.07, 6.45) is 2.44. The van der Waals surface area contributed by atoms with Gasteiger partial charge in [-0.2, -0.15) is 14.9 Å². The Morgan fingerprint density at radius 3 is 2.80 bits per heavy atom. The summed E-state index contributed by atoms with van der Waals surface area (Å²) in [6, 6.07) is 7.37. The highest BCUT2D eigenvalue weighted by atomic mass is 32.1. The Morgan fingerprint density at radius 1 is 1.50 bits per heavy atom. The number of anilines is 1. The second kappa shape index (κ2) is 6.25. The number of benzene rings is 1. The van der Waals surface area contributed by atoms with Crippen LogP contribution < -0.4 is 5.32 Å². The van der Waals surface area contributed by atoms with Gasteiger partial charge in [0.1, 0.15) is 0 Å². The zero-order valence-electron chi connectivity index (χ0n) is 11.3. The molecule has 0 atom stereocenters. The molecule has 20 heavy (non-hydrogen) atoms. The Hall–Kier alpha value is -2.28. The zero-order chi connectivity index (χ0) is 14.5. The van der Waals surface area contributed by atoms with Crippen LogP contribution in [0, 0.1) is 4.77 Å². The van der Waals surface area contributed by atoms with E-state index in [1.54, 1.807) is 10.9 Å². The number of carbonyl (C=O) groups is 1. The van der Waals surface area contributed by atoms with E-state index in [0.717, 1.165) is 23.5 Å². The molecule has 0 bridgehead atoms. The highest BCUT2D eigenvalue weighted by Gasteiger charge is 2.01. The minimum absolute atomic E-state index is 0.0938. The third-order valence-electron chi connectivity index (χ3n) is 2.59. The van der Waals surface area contributed by atoms with Gasteiger partial charge >= 0.3 is 0 Å². The zero-order valence-corrected chi connectivity index (χ0v) is 12.1. The molecule has 0 spiro atoms. The molecule has 2 aromatic rings. The van der Waals surface area contributed by atoms with E-state index in [9.17, 15) is 4.79 Å². The minimum Gasteiger partial charge on any atom is -0.326 e. The second-order valence-electron chi connectivity index (χ2n) is 4.16. The number of rotatable bonds is 4. The summed E-state index contributed by atoms with van der Waals surface area (Å²) in [5.74, 6) is 0.685. The van der Waals surface area contributed by atoms with E-state index in [0.29, 0.717) is 4.77 Å². The van der Waals surface area contributed by atoms with Crippen molar-refractivity contribution < 1.29 is 4.79 Å². The van der Waals surface area contributed by atoms with Gasteiger partial charge in [-0.3, -0.25) is 9.89 Å². The average molecular weight is 289 g/mol. The van der Waals surface area contributed by atoms with Crippen LogP contribution >= 0.6 is 12.2 Å². The normalized spacial score (nSPS) is 10.9. The fourth-order valence-corrected chi connectivity index (χ4v) is 1.85. The number of aryl methyl sites for hydroxylation is 1. The van der Waals surface area contributed by atoms with Crippen molar-refractivity contribution in [2.24, 2.45) is 5.10 Å². The van der Waals surface area contributed by atoms with Gasteiger partial charge in [-0.15, -0.1) is 0 Å². The van der Waals surface area contributed by atoms with Gasteiger partial charge in [0.05, 0.1) is 6.21 Å². The number of H-pyrrole nitrogens is 1. The van der Waals surface area contributed by atoms with Gasteiger partial charge in [-0.05, 0) is 29.9 Å². The summed E-state index contributed by atoms with van der Waals surface area (Å²) < 4.78 is 2.06. The molecule has 2 rings (SSSR count). The third-order valence-corrected chi connectivity index (χ3v) is 2.85. The second-order valence-corrected chi connectivity index (χ2v) is 4.54. The lowest BCUT2D eigenvalue weighted by Gasteiger charge is -2.01. The Balaban J connectivity index is 2.17. The highest BCUT2D eigenvalue weighted by molar-refractivity contribution is 7.71. The minimum atomic E-state index is -0.0938. The van der Waals surface area contributed by atoms with Gasteiger partial charge in [0.2, 0.25) is 10.7 Å². The van der Waals surface area contributed by atoms with Crippen LogP contribution in [0.15, 0.2) is 29.4 Å². The lowest BCUT2D eigenvalue weighted by atomic mass is 10.2. The Morgan fingerprint density at radius 2 is 2.20 bits per heavy atom. The molecule has 1 aromatic heterocycles. The molecule has 0 unspecified atom stereocenters. The van der Waals surface area contributed by atoms with Crippen molar-refractivity contribution in [3.8, 4) is 0 Å². The average Bonchev–Trinajstić information content (AvgIpc) is 2.78. The summed E-state index contributed by atoms with van der Waals surface area (Å²) in [4.78, 5) is 10.9. The predicted octanol–water partition coefficient (Wildman–Crippen LogP) is 2.34. The van der Waals surface area contributed by atoms with Gasteiger partial charge in [0.15, 0.2) is 5.82 Å². The molecule has 0 aliphatic rings.